The summed E-state index contributed by atoms with van der Waals surface area (Å²) in [5, 5.41) is 14.7. The highest BCUT2D eigenvalue weighted by atomic mass is 19.4. The zero-order valence-corrected chi connectivity index (χ0v) is 19.0. The largest absolute Gasteiger partial charge is 0.481 e. The minimum atomic E-state index is -4.52. The van der Waals surface area contributed by atoms with Gasteiger partial charge in [0.05, 0.1) is 17.9 Å². The molecule has 2 heterocycles. The van der Waals surface area contributed by atoms with E-state index in [0.29, 0.717) is 23.5 Å². The van der Waals surface area contributed by atoms with Crippen molar-refractivity contribution in [3.63, 3.8) is 0 Å². The number of benzene rings is 1. The Hall–Kier alpha value is -3.89. The van der Waals surface area contributed by atoms with Gasteiger partial charge in [-0.05, 0) is 42.7 Å². The minimum absolute atomic E-state index is 0.00363. The van der Waals surface area contributed by atoms with Crippen LogP contribution in [0.3, 0.4) is 0 Å². The van der Waals surface area contributed by atoms with E-state index in [4.69, 9.17) is 5.11 Å². The molecule has 0 bridgehead atoms. The SMILES string of the molecule is CCCC(Nc1ccc(-n2cnc(C(F)(F)F)c2)nc1)c1ccc(C(=O)NCCCC(=O)O)cc1. The number of aromatic nitrogens is 3. The molecule has 1 aromatic carbocycles. The standard InChI is InChI=1S/C24H26F3N5O3/c1-2-4-19(16-6-8-17(9-7-16)23(35)28-12-3-5-22(33)34)31-18-10-11-21(29-13-18)32-14-20(30-15-32)24(25,26)27/h6-11,13-15,19,31H,2-5,12H2,1H3,(H,28,35)(H,33,34). The van der Waals surface area contributed by atoms with Crippen LogP contribution in [0.15, 0.2) is 55.1 Å². The lowest BCUT2D eigenvalue weighted by atomic mass is 10.0. The predicted octanol–water partition coefficient (Wildman–Crippen LogP) is 4.83. The fourth-order valence-electron chi connectivity index (χ4n) is 3.44. The van der Waals surface area contributed by atoms with Crippen LogP contribution < -0.4 is 10.6 Å². The minimum Gasteiger partial charge on any atom is -0.481 e. The number of rotatable bonds is 11. The van der Waals surface area contributed by atoms with Gasteiger partial charge in [0.2, 0.25) is 0 Å². The molecule has 11 heteroatoms. The van der Waals surface area contributed by atoms with Crippen molar-refractivity contribution in [1.82, 2.24) is 19.9 Å². The average molecular weight is 489 g/mol. The van der Waals surface area contributed by atoms with Gasteiger partial charge in [-0.1, -0.05) is 25.5 Å². The first-order chi connectivity index (χ1) is 16.7. The van der Waals surface area contributed by atoms with Crippen LogP contribution in [0.1, 0.15) is 60.3 Å². The molecule has 0 saturated carbocycles. The molecule has 0 aliphatic rings. The number of nitrogens with zero attached hydrogens (tertiary/aromatic N) is 3. The third kappa shape index (κ3) is 7.29. The van der Waals surface area contributed by atoms with Gasteiger partial charge in [-0.2, -0.15) is 13.2 Å². The van der Waals surface area contributed by atoms with Crippen LogP contribution in [0.25, 0.3) is 5.82 Å². The third-order valence-electron chi connectivity index (χ3n) is 5.23. The molecule has 3 aromatic rings. The van der Waals surface area contributed by atoms with Gasteiger partial charge in [0.15, 0.2) is 5.69 Å². The number of carboxylic acid groups (broad SMARTS) is 1. The monoisotopic (exact) mass is 489 g/mol. The molecular weight excluding hydrogens is 463 g/mol. The predicted molar refractivity (Wildman–Crippen MR) is 123 cm³/mol. The van der Waals surface area contributed by atoms with Crippen molar-refractivity contribution in [2.75, 3.05) is 11.9 Å². The van der Waals surface area contributed by atoms with Crippen LogP contribution in [-0.2, 0) is 11.0 Å². The van der Waals surface area contributed by atoms with Gasteiger partial charge in [-0.3, -0.25) is 14.2 Å². The first-order valence-electron chi connectivity index (χ1n) is 11.1. The second-order valence-corrected chi connectivity index (χ2v) is 7.93. The van der Waals surface area contributed by atoms with Crippen LogP contribution >= 0.6 is 0 Å². The van der Waals surface area contributed by atoms with Gasteiger partial charge < -0.3 is 15.7 Å². The summed E-state index contributed by atoms with van der Waals surface area (Å²) in [6.45, 7) is 2.33. The number of aliphatic carboxylic acids is 1. The Kier molecular flexibility index (Phi) is 8.45. The number of hydrogen-bond donors (Lipinski definition) is 3. The molecular formula is C24H26F3N5O3. The Labute approximate surface area is 200 Å². The van der Waals surface area contributed by atoms with Crippen molar-refractivity contribution in [2.45, 2.75) is 44.8 Å². The number of alkyl halides is 3. The number of nitrogens with one attached hydrogen (secondary N) is 2. The van der Waals surface area contributed by atoms with Crippen LogP contribution in [0.4, 0.5) is 18.9 Å². The summed E-state index contributed by atoms with van der Waals surface area (Å²) in [4.78, 5) is 30.4. The summed E-state index contributed by atoms with van der Waals surface area (Å²) in [7, 11) is 0. The lowest BCUT2D eigenvalue weighted by Crippen LogP contribution is -2.25. The maximum Gasteiger partial charge on any atom is 0.434 e. The number of halogens is 3. The Balaban J connectivity index is 1.64. The molecule has 0 fully saturated rings. The number of hydrogen-bond acceptors (Lipinski definition) is 5. The number of imidazole rings is 1. The van der Waals surface area contributed by atoms with Gasteiger partial charge in [-0.15, -0.1) is 0 Å². The number of anilines is 1. The zero-order chi connectivity index (χ0) is 25.4. The molecule has 2 aromatic heterocycles. The fourth-order valence-corrected chi connectivity index (χ4v) is 3.44. The zero-order valence-electron chi connectivity index (χ0n) is 19.0. The van der Waals surface area contributed by atoms with Crippen molar-refractivity contribution >= 4 is 17.6 Å². The Morgan fingerprint density at radius 3 is 2.43 bits per heavy atom. The molecule has 1 atom stereocenters. The number of carboxylic acids is 1. The van der Waals surface area contributed by atoms with Crippen LogP contribution in [0, 0.1) is 0 Å². The van der Waals surface area contributed by atoms with Crippen molar-refractivity contribution in [3.8, 4) is 5.82 Å². The van der Waals surface area contributed by atoms with Crippen LogP contribution in [0.2, 0.25) is 0 Å². The van der Waals surface area contributed by atoms with E-state index in [1.165, 1.54) is 4.57 Å². The molecule has 1 amide bonds. The summed E-state index contributed by atoms with van der Waals surface area (Å²) in [6.07, 6.45) is 1.04. The second-order valence-electron chi connectivity index (χ2n) is 7.93. The topological polar surface area (TPSA) is 109 Å². The fraction of sp³-hybridized carbons (Fsp3) is 0.333. The van der Waals surface area contributed by atoms with E-state index >= 15 is 0 Å². The van der Waals surface area contributed by atoms with Crippen molar-refractivity contribution in [2.24, 2.45) is 0 Å². The lowest BCUT2D eigenvalue weighted by molar-refractivity contribution is -0.141. The maximum atomic E-state index is 12.8. The molecule has 0 aliphatic carbocycles. The normalized spacial score (nSPS) is 12.2. The first-order valence-corrected chi connectivity index (χ1v) is 11.1. The molecule has 8 nitrogen and oxygen atoms in total. The number of pyridine rings is 1. The van der Waals surface area contributed by atoms with Crippen molar-refractivity contribution < 1.29 is 27.9 Å². The molecule has 0 spiro atoms. The molecule has 0 saturated heterocycles. The Bertz CT molecular complexity index is 1130. The molecule has 0 radical (unpaired) electrons. The maximum absolute atomic E-state index is 12.8. The van der Waals surface area contributed by atoms with Crippen LogP contribution in [0.5, 0.6) is 0 Å². The molecule has 3 N–H and O–H groups in total. The number of carbonyl (C=O) groups excluding carboxylic acids is 1. The van der Waals surface area contributed by atoms with E-state index < -0.39 is 17.8 Å². The van der Waals surface area contributed by atoms with E-state index in [1.54, 1.807) is 30.5 Å². The first kappa shape index (κ1) is 25.7. The van der Waals surface area contributed by atoms with E-state index in [1.807, 2.05) is 19.1 Å². The Morgan fingerprint density at radius 1 is 1.11 bits per heavy atom. The molecule has 1 unspecified atom stereocenters. The van der Waals surface area contributed by atoms with Gasteiger partial charge >= 0.3 is 12.1 Å². The van der Waals surface area contributed by atoms with E-state index in [-0.39, 0.29) is 24.9 Å². The van der Waals surface area contributed by atoms with E-state index in [0.717, 1.165) is 30.9 Å². The quantitative estimate of drug-likeness (QED) is 0.333. The third-order valence-corrected chi connectivity index (χ3v) is 5.23. The van der Waals surface area contributed by atoms with Crippen molar-refractivity contribution in [1.29, 1.82) is 0 Å². The molecule has 3 rings (SSSR count). The van der Waals surface area contributed by atoms with Crippen LogP contribution in [-0.4, -0.2) is 38.1 Å². The smallest absolute Gasteiger partial charge is 0.434 e. The van der Waals surface area contributed by atoms with Gasteiger partial charge in [0, 0.05) is 24.7 Å². The van der Waals surface area contributed by atoms with Gasteiger partial charge in [-0.25, -0.2) is 9.97 Å². The Morgan fingerprint density at radius 2 is 1.86 bits per heavy atom. The highest BCUT2D eigenvalue weighted by Gasteiger charge is 2.33. The second kappa shape index (κ2) is 11.5. The highest BCUT2D eigenvalue weighted by molar-refractivity contribution is 5.94. The summed E-state index contributed by atoms with van der Waals surface area (Å²) in [5.41, 5.74) is 1.15. The van der Waals surface area contributed by atoms with Crippen molar-refractivity contribution in [3.05, 3.63) is 71.9 Å². The summed E-state index contributed by atoms with van der Waals surface area (Å²) < 4.78 is 39.5. The highest BCUT2D eigenvalue weighted by Crippen LogP contribution is 2.28. The van der Waals surface area contributed by atoms with E-state index in [2.05, 4.69) is 20.6 Å². The number of amides is 1. The lowest BCUT2D eigenvalue weighted by Gasteiger charge is -2.20. The van der Waals surface area contributed by atoms with Gasteiger partial charge in [0.1, 0.15) is 12.1 Å². The molecule has 186 valence electrons. The average Bonchev–Trinajstić information content (AvgIpc) is 3.33. The summed E-state index contributed by atoms with van der Waals surface area (Å²) in [5.74, 6) is -0.862. The van der Waals surface area contributed by atoms with E-state index in [9.17, 15) is 22.8 Å². The number of carbonyl (C=O) groups is 2. The molecule has 0 aliphatic heterocycles. The summed E-state index contributed by atoms with van der Waals surface area (Å²) >= 11 is 0. The molecule has 35 heavy (non-hydrogen) atoms. The summed E-state index contributed by atoms with van der Waals surface area (Å²) in [6, 6.07) is 10.4. The van der Waals surface area contributed by atoms with Gasteiger partial charge in [0.25, 0.3) is 5.91 Å².